The molecule has 0 fully saturated rings. The van der Waals surface area contributed by atoms with Crippen molar-refractivity contribution in [2.45, 2.75) is 13.0 Å². The van der Waals surface area contributed by atoms with E-state index in [-0.39, 0.29) is 32.9 Å². The fourth-order valence-electron chi connectivity index (χ4n) is 2.54. The number of Topliss-reactive ketones (excluding diaryl/α,β-unsaturated/α-hetero) is 1. The first-order valence-corrected chi connectivity index (χ1v) is 9.57. The summed E-state index contributed by atoms with van der Waals surface area (Å²) in [6.45, 7) is 1.21. The van der Waals surface area contributed by atoms with Crippen LogP contribution in [0.2, 0.25) is 10.0 Å². The highest BCUT2D eigenvalue weighted by atomic mass is 35.5. The number of methoxy groups -OCH3 is 4. The van der Waals surface area contributed by atoms with Crippen LogP contribution < -0.4 is 24.3 Å². The van der Waals surface area contributed by atoms with E-state index in [1.165, 1.54) is 47.5 Å². The molecule has 166 valence electrons. The number of halogens is 2. The van der Waals surface area contributed by atoms with Crippen molar-refractivity contribution < 1.29 is 28.5 Å². The topological polar surface area (TPSA) is 108 Å². The SMILES string of the molecule is COc1cc(NC(=O)C(N=Nc2c(Cl)ccc(OC)c2OC)C(C)=O)c(Cl)c(OC)c1. The van der Waals surface area contributed by atoms with Gasteiger partial charge in [-0.1, -0.05) is 23.2 Å². The molecule has 11 heteroatoms. The molecule has 1 N–H and O–H groups in total. The molecule has 2 aromatic rings. The van der Waals surface area contributed by atoms with Gasteiger partial charge in [0.05, 0.1) is 39.1 Å². The number of hydrogen-bond acceptors (Lipinski definition) is 8. The first kappa shape index (κ1) is 24.2. The molecule has 1 amide bonds. The number of nitrogens with one attached hydrogen (secondary N) is 1. The number of nitrogens with zero attached hydrogens (tertiary/aromatic N) is 2. The Morgan fingerprint density at radius 1 is 0.968 bits per heavy atom. The van der Waals surface area contributed by atoms with E-state index in [4.69, 9.17) is 42.1 Å². The van der Waals surface area contributed by atoms with Crippen molar-refractivity contribution in [1.82, 2.24) is 0 Å². The zero-order valence-corrected chi connectivity index (χ0v) is 19.0. The van der Waals surface area contributed by atoms with Crippen molar-refractivity contribution >= 4 is 46.3 Å². The molecule has 1 atom stereocenters. The molecule has 0 aromatic heterocycles. The van der Waals surface area contributed by atoms with Gasteiger partial charge in [-0.15, -0.1) is 5.11 Å². The maximum atomic E-state index is 12.8. The van der Waals surface area contributed by atoms with Crippen LogP contribution in [0.3, 0.4) is 0 Å². The predicted octanol–water partition coefficient (Wildman–Crippen LogP) is 4.71. The van der Waals surface area contributed by atoms with Gasteiger partial charge in [-0.2, -0.15) is 5.11 Å². The van der Waals surface area contributed by atoms with Crippen molar-refractivity contribution in [2.75, 3.05) is 33.8 Å². The molecular formula is C20H21Cl2N3O6. The van der Waals surface area contributed by atoms with Crippen LogP contribution in [0.4, 0.5) is 11.4 Å². The summed E-state index contributed by atoms with van der Waals surface area (Å²) >= 11 is 12.4. The summed E-state index contributed by atoms with van der Waals surface area (Å²) in [5, 5.41) is 10.8. The lowest BCUT2D eigenvalue weighted by atomic mass is 10.2. The van der Waals surface area contributed by atoms with Gasteiger partial charge in [0.1, 0.15) is 22.2 Å². The van der Waals surface area contributed by atoms with Crippen molar-refractivity contribution in [3.8, 4) is 23.0 Å². The van der Waals surface area contributed by atoms with Crippen LogP contribution in [0.15, 0.2) is 34.5 Å². The lowest BCUT2D eigenvalue weighted by Gasteiger charge is -2.14. The molecule has 0 bridgehead atoms. The lowest BCUT2D eigenvalue weighted by Crippen LogP contribution is -2.32. The monoisotopic (exact) mass is 469 g/mol. The van der Waals surface area contributed by atoms with Crippen molar-refractivity contribution in [1.29, 1.82) is 0 Å². The number of carbonyl (C=O) groups is 2. The smallest absolute Gasteiger partial charge is 0.258 e. The third-order valence-corrected chi connectivity index (χ3v) is 4.80. The Balaban J connectivity index is 2.39. The molecule has 31 heavy (non-hydrogen) atoms. The second-order valence-electron chi connectivity index (χ2n) is 6.04. The summed E-state index contributed by atoms with van der Waals surface area (Å²) in [4.78, 5) is 24.9. The average Bonchev–Trinajstić information content (AvgIpc) is 2.75. The standard InChI is InChI=1S/C20H21Cl2N3O6/c1-10(26)17(24-25-18-12(21)6-7-14(29-3)19(18)31-5)20(27)23-13-8-11(28-2)9-15(30-4)16(13)22/h6-9,17H,1-5H3,(H,23,27). The molecule has 0 aliphatic carbocycles. The van der Waals surface area contributed by atoms with Gasteiger partial charge in [-0.05, 0) is 19.1 Å². The van der Waals surface area contributed by atoms with Crippen LogP contribution >= 0.6 is 23.2 Å². The zero-order valence-electron chi connectivity index (χ0n) is 17.5. The summed E-state index contributed by atoms with van der Waals surface area (Å²) in [7, 11) is 5.72. The lowest BCUT2D eigenvalue weighted by molar-refractivity contribution is -0.126. The van der Waals surface area contributed by atoms with Crippen LogP contribution in [0, 0.1) is 0 Å². The van der Waals surface area contributed by atoms with E-state index in [1.54, 1.807) is 12.1 Å². The minimum absolute atomic E-state index is 0.114. The highest BCUT2D eigenvalue weighted by molar-refractivity contribution is 6.35. The van der Waals surface area contributed by atoms with Gasteiger partial charge in [0.25, 0.3) is 5.91 Å². The molecule has 0 heterocycles. The Morgan fingerprint density at radius 2 is 1.65 bits per heavy atom. The number of ketones is 1. The number of ether oxygens (including phenoxy) is 4. The third-order valence-electron chi connectivity index (χ3n) is 4.10. The summed E-state index contributed by atoms with van der Waals surface area (Å²) in [5.41, 5.74) is 0.296. The van der Waals surface area contributed by atoms with Gasteiger partial charge >= 0.3 is 0 Å². The van der Waals surface area contributed by atoms with Crippen LogP contribution in [0.1, 0.15) is 6.92 Å². The van der Waals surface area contributed by atoms with E-state index in [9.17, 15) is 9.59 Å². The fraction of sp³-hybridized carbons (Fsp3) is 0.300. The van der Waals surface area contributed by atoms with Gasteiger partial charge in [-0.3, -0.25) is 9.59 Å². The molecule has 2 aromatic carbocycles. The van der Waals surface area contributed by atoms with Crippen LogP contribution in [-0.2, 0) is 9.59 Å². The van der Waals surface area contributed by atoms with E-state index < -0.39 is 17.7 Å². The highest BCUT2D eigenvalue weighted by Crippen LogP contribution is 2.42. The van der Waals surface area contributed by atoms with Crippen molar-refractivity contribution in [2.24, 2.45) is 10.2 Å². The number of hydrogen-bond donors (Lipinski definition) is 1. The summed E-state index contributed by atoms with van der Waals surface area (Å²) < 4.78 is 20.8. The van der Waals surface area contributed by atoms with E-state index in [0.29, 0.717) is 11.5 Å². The van der Waals surface area contributed by atoms with Gasteiger partial charge in [0.2, 0.25) is 6.04 Å². The fourth-order valence-corrected chi connectivity index (χ4v) is 2.96. The molecule has 0 spiro atoms. The normalized spacial score (nSPS) is 11.7. The Kier molecular flexibility index (Phi) is 8.47. The second-order valence-corrected chi connectivity index (χ2v) is 6.83. The Morgan fingerprint density at radius 3 is 2.19 bits per heavy atom. The van der Waals surface area contributed by atoms with Crippen LogP contribution in [0.5, 0.6) is 23.0 Å². The Bertz CT molecular complexity index is 1010. The van der Waals surface area contributed by atoms with Gasteiger partial charge in [0.15, 0.2) is 17.3 Å². The zero-order chi connectivity index (χ0) is 23.1. The minimum Gasteiger partial charge on any atom is -0.497 e. The number of anilines is 1. The molecule has 0 saturated carbocycles. The molecule has 2 rings (SSSR count). The van der Waals surface area contributed by atoms with E-state index in [2.05, 4.69) is 15.5 Å². The van der Waals surface area contributed by atoms with Crippen molar-refractivity contribution in [3.05, 3.63) is 34.3 Å². The van der Waals surface area contributed by atoms with Gasteiger partial charge < -0.3 is 24.3 Å². The quantitative estimate of drug-likeness (QED) is 0.420. The van der Waals surface area contributed by atoms with Gasteiger partial charge in [0, 0.05) is 12.1 Å². The summed E-state index contributed by atoms with van der Waals surface area (Å²) in [6.07, 6.45) is 0. The molecule has 1 unspecified atom stereocenters. The number of amides is 1. The maximum Gasteiger partial charge on any atom is 0.258 e. The van der Waals surface area contributed by atoms with Crippen LogP contribution in [0.25, 0.3) is 0 Å². The van der Waals surface area contributed by atoms with E-state index in [1.807, 2.05) is 0 Å². The maximum absolute atomic E-state index is 12.8. The average molecular weight is 470 g/mol. The third kappa shape index (κ3) is 5.56. The number of azo groups is 1. The molecule has 0 aliphatic rings. The largest absolute Gasteiger partial charge is 0.497 e. The van der Waals surface area contributed by atoms with E-state index >= 15 is 0 Å². The van der Waals surface area contributed by atoms with Crippen molar-refractivity contribution in [3.63, 3.8) is 0 Å². The first-order valence-electron chi connectivity index (χ1n) is 8.81. The van der Waals surface area contributed by atoms with Gasteiger partial charge in [-0.25, -0.2) is 0 Å². The first-order chi connectivity index (χ1) is 14.8. The Hall–Kier alpha value is -3.04. The number of carbonyl (C=O) groups excluding carboxylic acids is 2. The second kappa shape index (κ2) is 10.8. The number of benzene rings is 2. The number of rotatable bonds is 9. The molecule has 0 saturated heterocycles. The molecule has 0 radical (unpaired) electrons. The molecule has 9 nitrogen and oxygen atoms in total. The Labute approximate surface area is 189 Å². The van der Waals surface area contributed by atoms with E-state index in [0.717, 1.165) is 0 Å². The predicted molar refractivity (Wildman–Crippen MR) is 117 cm³/mol. The minimum atomic E-state index is -1.47. The highest BCUT2D eigenvalue weighted by Gasteiger charge is 2.25. The van der Waals surface area contributed by atoms with Crippen LogP contribution in [-0.4, -0.2) is 46.2 Å². The molecular weight excluding hydrogens is 449 g/mol. The summed E-state index contributed by atoms with van der Waals surface area (Å²) in [5.74, 6) is -0.0608. The molecule has 0 aliphatic heterocycles. The summed E-state index contributed by atoms with van der Waals surface area (Å²) in [6, 6.07) is 4.69.